The van der Waals surface area contributed by atoms with Crippen LogP contribution < -0.4 is 9.80 Å². The summed E-state index contributed by atoms with van der Waals surface area (Å²) in [5.74, 6) is 0. The summed E-state index contributed by atoms with van der Waals surface area (Å²) >= 11 is 0. The molecule has 1 aliphatic heterocycles. The van der Waals surface area contributed by atoms with Crippen LogP contribution in [0.1, 0.15) is 0 Å². The second-order valence-electron chi connectivity index (χ2n) is 10.3. The first-order chi connectivity index (χ1) is 21.4. The summed E-state index contributed by atoms with van der Waals surface area (Å²) in [6.07, 6.45) is 0. The smallest absolute Gasteiger partial charge is 0.209 e. The molecule has 44 heavy (non-hydrogen) atoms. The lowest BCUT2D eigenvalue weighted by atomic mass is 10.2. The van der Waals surface area contributed by atoms with Crippen LogP contribution in [0.15, 0.2) is 177 Å². The molecule has 8 heteroatoms. The van der Waals surface area contributed by atoms with Crippen molar-refractivity contribution < 1.29 is 16.8 Å². The van der Waals surface area contributed by atoms with Crippen LogP contribution in [-0.4, -0.2) is 16.8 Å². The molecule has 0 fully saturated rings. The summed E-state index contributed by atoms with van der Waals surface area (Å²) in [6, 6.07) is 47.1. The molecule has 0 saturated heterocycles. The molecule has 6 aromatic carbocycles. The van der Waals surface area contributed by atoms with Gasteiger partial charge in [0.1, 0.15) is 0 Å². The zero-order chi connectivity index (χ0) is 30.3. The molecule has 7 rings (SSSR count). The average molecular weight is 615 g/mol. The van der Waals surface area contributed by atoms with Crippen molar-refractivity contribution >= 4 is 53.8 Å². The molecule has 216 valence electrons. The average Bonchev–Trinajstić information content (AvgIpc) is 3.06. The Morgan fingerprint density at radius 1 is 0.295 bits per heavy atom. The van der Waals surface area contributed by atoms with Crippen LogP contribution in [0.2, 0.25) is 0 Å². The summed E-state index contributed by atoms with van der Waals surface area (Å²) in [7, 11) is -8.38. The molecule has 0 aliphatic carbocycles. The molecular formula is C36H26N2O4S2. The highest BCUT2D eigenvalue weighted by Gasteiger charge is 2.40. The highest BCUT2D eigenvalue weighted by Crippen LogP contribution is 2.46. The Balaban J connectivity index is 1.41. The van der Waals surface area contributed by atoms with Crippen molar-refractivity contribution in [2.24, 2.45) is 0 Å². The van der Waals surface area contributed by atoms with Crippen LogP contribution in [0.5, 0.6) is 0 Å². The molecule has 0 radical (unpaired) electrons. The lowest BCUT2D eigenvalue weighted by Gasteiger charge is -2.29. The number of hydrogen-bond donors (Lipinski definition) is 0. The van der Waals surface area contributed by atoms with E-state index in [2.05, 4.69) is 0 Å². The van der Waals surface area contributed by atoms with Gasteiger partial charge in [-0.05, 0) is 84.9 Å². The van der Waals surface area contributed by atoms with Gasteiger partial charge in [-0.25, -0.2) is 16.8 Å². The van der Waals surface area contributed by atoms with Crippen molar-refractivity contribution in [3.05, 3.63) is 158 Å². The molecule has 6 nitrogen and oxygen atoms in total. The summed E-state index contributed by atoms with van der Waals surface area (Å²) in [4.78, 5) is 2.85. The largest absolute Gasteiger partial charge is 0.310 e. The van der Waals surface area contributed by atoms with E-state index < -0.39 is 19.7 Å². The molecule has 0 spiro atoms. The SMILES string of the molecule is O=S1(=O)c2ccc(N(c3ccccc3)c3ccccc3)cc2S(=O)(=O)c2cc(N(c3ccccc3)c3ccccc3)ccc21. The Morgan fingerprint density at radius 3 is 0.864 bits per heavy atom. The second kappa shape index (κ2) is 10.8. The number of fused-ring (bicyclic) bond motifs is 2. The van der Waals surface area contributed by atoms with E-state index >= 15 is 0 Å². The molecule has 0 N–H and O–H groups in total. The van der Waals surface area contributed by atoms with Gasteiger partial charge in [0.25, 0.3) is 0 Å². The van der Waals surface area contributed by atoms with E-state index in [4.69, 9.17) is 0 Å². The third kappa shape index (κ3) is 4.65. The zero-order valence-corrected chi connectivity index (χ0v) is 25.0. The minimum atomic E-state index is -4.25. The van der Waals surface area contributed by atoms with Gasteiger partial charge in [0.05, 0.1) is 19.6 Å². The summed E-state index contributed by atoms with van der Waals surface area (Å²) in [5.41, 5.74) is 4.26. The van der Waals surface area contributed by atoms with Gasteiger partial charge in [0, 0.05) is 34.1 Å². The molecule has 1 heterocycles. The molecule has 0 saturated carbocycles. The van der Waals surface area contributed by atoms with Crippen LogP contribution in [0.4, 0.5) is 34.1 Å². The van der Waals surface area contributed by atoms with E-state index in [1.807, 2.05) is 131 Å². The van der Waals surface area contributed by atoms with Crippen molar-refractivity contribution in [1.29, 1.82) is 0 Å². The first kappa shape index (κ1) is 27.6. The Kier molecular flexibility index (Phi) is 6.80. The van der Waals surface area contributed by atoms with Gasteiger partial charge in [-0.2, -0.15) is 0 Å². The molecule has 1 aliphatic rings. The van der Waals surface area contributed by atoms with Gasteiger partial charge in [-0.15, -0.1) is 0 Å². The van der Waals surface area contributed by atoms with Crippen LogP contribution >= 0.6 is 0 Å². The maximum atomic E-state index is 14.4. The van der Waals surface area contributed by atoms with Crippen molar-refractivity contribution in [2.75, 3.05) is 9.80 Å². The lowest BCUT2D eigenvalue weighted by molar-refractivity contribution is 0.570. The fourth-order valence-electron chi connectivity index (χ4n) is 5.58. The van der Waals surface area contributed by atoms with E-state index in [-0.39, 0.29) is 19.6 Å². The lowest BCUT2D eigenvalue weighted by Crippen LogP contribution is -2.21. The molecule has 0 unspecified atom stereocenters. The van der Waals surface area contributed by atoms with Gasteiger partial charge < -0.3 is 9.80 Å². The first-order valence-electron chi connectivity index (χ1n) is 13.9. The van der Waals surface area contributed by atoms with Crippen LogP contribution in [0, 0.1) is 0 Å². The highest BCUT2D eigenvalue weighted by molar-refractivity contribution is 7.97. The van der Waals surface area contributed by atoms with Gasteiger partial charge >= 0.3 is 0 Å². The standard InChI is InChI=1S/C36H26N2O4S2/c39-43(40)33-23-21-31(37(27-13-5-1-6-14-27)28-15-7-2-8-16-28)25-35(33)44(41,42)36-26-32(22-24-34(36)43)38(29-17-9-3-10-18-29)30-19-11-4-12-20-30/h1-26H. The molecule has 0 aromatic heterocycles. The molecular weight excluding hydrogens is 589 g/mol. The highest BCUT2D eigenvalue weighted by atomic mass is 32.2. The summed E-state index contributed by atoms with van der Waals surface area (Å²) < 4.78 is 56.6. The summed E-state index contributed by atoms with van der Waals surface area (Å²) in [6.45, 7) is 0. The predicted octanol–water partition coefficient (Wildman–Crippen LogP) is 8.61. The van der Waals surface area contributed by atoms with Crippen molar-refractivity contribution in [3.63, 3.8) is 0 Å². The van der Waals surface area contributed by atoms with Gasteiger partial charge in [0.15, 0.2) is 0 Å². The van der Waals surface area contributed by atoms with E-state index in [0.29, 0.717) is 11.4 Å². The number of nitrogens with zero attached hydrogens (tertiary/aromatic N) is 2. The normalized spacial score (nSPS) is 14.2. The third-order valence-corrected chi connectivity index (χ3v) is 11.5. The Morgan fingerprint density at radius 2 is 0.568 bits per heavy atom. The number of hydrogen-bond acceptors (Lipinski definition) is 6. The molecule has 0 amide bonds. The topological polar surface area (TPSA) is 74.8 Å². The van der Waals surface area contributed by atoms with E-state index in [1.54, 1.807) is 12.1 Å². The number of benzene rings is 6. The zero-order valence-electron chi connectivity index (χ0n) is 23.4. The molecule has 0 bridgehead atoms. The quantitative estimate of drug-likeness (QED) is 0.187. The molecule has 0 atom stereocenters. The fraction of sp³-hybridized carbons (Fsp3) is 0. The van der Waals surface area contributed by atoms with Gasteiger partial charge in [-0.1, -0.05) is 72.8 Å². The van der Waals surface area contributed by atoms with Gasteiger partial charge in [-0.3, -0.25) is 0 Å². The first-order valence-corrected chi connectivity index (χ1v) is 16.9. The maximum absolute atomic E-state index is 14.4. The minimum absolute atomic E-state index is 0.231. The number of anilines is 6. The minimum Gasteiger partial charge on any atom is -0.310 e. The van der Waals surface area contributed by atoms with E-state index in [9.17, 15) is 16.8 Å². The Hall–Kier alpha value is -5.18. The predicted molar refractivity (Wildman–Crippen MR) is 173 cm³/mol. The summed E-state index contributed by atoms with van der Waals surface area (Å²) in [5, 5.41) is 0. The van der Waals surface area contributed by atoms with E-state index in [1.165, 1.54) is 24.3 Å². The number of rotatable bonds is 6. The van der Waals surface area contributed by atoms with Crippen LogP contribution in [0.3, 0.4) is 0 Å². The fourth-order valence-corrected chi connectivity index (χ4v) is 9.73. The van der Waals surface area contributed by atoms with Gasteiger partial charge in [0.2, 0.25) is 19.7 Å². The van der Waals surface area contributed by atoms with Crippen molar-refractivity contribution in [3.8, 4) is 0 Å². The second-order valence-corrected chi connectivity index (χ2v) is 14.1. The monoisotopic (exact) mass is 614 g/mol. The van der Waals surface area contributed by atoms with Crippen LogP contribution in [-0.2, 0) is 19.7 Å². The number of sulfone groups is 2. The maximum Gasteiger partial charge on any atom is 0.209 e. The Bertz CT molecular complexity index is 1970. The third-order valence-electron chi connectivity index (χ3n) is 7.59. The molecule has 6 aromatic rings. The van der Waals surface area contributed by atoms with E-state index in [0.717, 1.165) is 22.7 Å². The Labute approximate surface area is 256 Å². The van der Waals surface area contributed by atoms with Crippen molar-refractivity contribution in [1.82, 2.24) is 0 Å². The van der Waals surface area contributed by atoms with Crippen LogP contribution in [0.25, 0.3) is 0 Å². The number of para-hydroxylation sites is 4. The van der Waals surface area contributed by atoms with Crippen molar-refractivity contribution in [2.45, 2.75) is 19.6 Å².